The zero-order valence-corrected chi connectivity index (χ0v) is 21.5. The van der Waals surface area contributed by atoms with Crippen LogP contribution in [0.2, 0.25) is 0 Å². The lowest BCUT2D eigenvalue weighted by Crippen LogP contribution is -2.46. The maximum atomic E-state index is 12.9. The number of amides is 1. The van der Waals surface area contributed by atoms with Crippen LogP contribution in [-0.2, 0) is 13.0 Å². The lowest BCUT2D eigenvalue weighted by Gasteiger charge is -2.23. The molecule has 0 aliphatic rings. The number of carbonyl (C=O) groups excluding carboxylic acids is 1. The molecule has 0 radical (unpaired) electrons. The summed E-state index contributed by atoms with van der Waals surface area (Å²) >= 11 is 0. The number of carbonyl (C=O) groups is 2. The van der Waals surface area contributed by atoms with E-state index >= 15 is 0 Å². The molecule has 1 heterocycles. The minimum absolute atomic E-state index is 0.160. The van der Waals surface area contributed by atoms with Crippen LogP contribution < -0.4 is 5.32 Å². The first-order chi connectivity index (χ1) is 17.7. The van der Waals surface area contributed by atoms with E-state index in [1.807, 2.05) is 48.5 Å². The fraction of sp³-hybridized carbons (Fsp3) is 0.300. The highest BCUT2D eigenvalue weighted by atomic mass is 16.4. The van der Waals surface area contributed by atoms with Crippen LogP contribution >= 0.6 is 0 Å². The topological polar surface area (TPSA) is 104 Å². The van der Waals surface area contributed by atoms with Crippen LogP contribution in [0.3, 0.4) is 0 Å². The minimum Gasteiger partial charge on any atom is -0.478 e. The Morgan fingerprint density at radius 2 is 1.76 bits per heavy atom. The number of fused-ring (bicyclic) bond motifs is 1. The highest BCUT2D eigenvalue weighted by molar-refractivity contribution is 5.98. The van der Waals surface area contributed by atoms with E-state index in [-0.39, 0.29) is 18.1 Å². The van der Waals surface area contributed by atoms with Crippen molar-refractivity contribution in [3.05, 3.63) is 89.2 Å². The first-order valence-corrected chi connectivity index (χ1v) is 12.6. The Morgan fingerprint density at radius 3 is 2.43 bits per heavy atom. The van der Waals surface area contributed by atoms with Crippen LogP contribution in [0, 0.1) is 0 Å². The van der Waals surface area contributed by atoms with E-state index in [4.69, 9.17) is 4.98 Å². The van der Waals surface area contributed by atoms with Gasteiger partial charge in [-0.15, -0.1) is 0 Å². The summed E-state index contributed by atoms with van der Waals surface area (Å²) in [5.41, 5.74) is 4.33. The van der Waals surface area contributed by atoms with Gasteiger partial charge in [-0.3, -0.25) is 4.79 Å². The standard InChI is InChI=1S/C30H33N3O4/c1-4-5-10-27-31-25-16-15-22(28(35)32-30(2,3)19-34)17-26(25)33(27)18-20-11-13-21(14-12-20)23-8-6-7-9-24(23)29(36)37/h6-9,11-17,34H,4-5,10,18-19H2,1-3H3,(H,32,35)(H,36,37). The number of imidazole rings is 1. The molecule has 0 saturated heterocycles. The van der Waals surface area contributed by atoms with Crippen molar-refractivity contribution in [1.29, 1.82) is 0 Å². The number of benzene rings is 3. The van der Waals surface area contributed by atoms with Crippen molar-refractivity contribution in [2.75, 3.05) is 6.61 Å². The molecule has 0 bridgehead atoms. The summed E-state index contributed by atoms with van der Waals surface area (Å²) in [5.74, 6) is -0.233. The quantitative estimate of drug-likeness (QED) is 0.275. The minimum atomic E-state index is -0.952. The molecule has 0 saturated carbocycles. The SMILES string of the molecule is CCCCc1nc2ccc(C(=O)NC(C)(C)CO)cc2n1Cc1ccc(-c2ccccc2C(=O)O)cc1. The summed E-state index contributed by atoms with van der Waals surface area (Å²) in [6, 6.07) is 20.4. The van der Waals surface area contributed by atoms with E-state index in [1.54, 1.807) is 32.0 Å². The first-order valence-electron chi connectivity index (χ1n) is 12.6. The normalized spacial score (nSPS) is 11.6. The number of nitrogens with zero attached hydrogens (tertiary/aromatic N) is 2. The van der Waals surface area contributed by atoms with Crippen LogP contribution in [-0.4, -0.2) is 43.8 Å². The van der Waals surface area contributed by atoms with Gasteiger partial charge in [-0.1, -0.05) is 55.8 Å². The second-order valence-corrected chi connectivity index (χ2v) is 9.97. The monoisotopic (exact) mass is 499 g/mol. The summed E-state index contributed by atoms with van der Waals surface area (Å²) in [6.45, 7) is 6.10. The molecule has 4 rings (SSSR count). The third-order valence-electron chi connectivity index (χ3n) is 6.45. The van der Waals surface area contributed by atoms with Gasteiger partial charge in [0.2, 0.25) is 0 Å². The average molecular weight is 500 g/mol. The molecule has 4 aromatic rings. The van der Waals surface area contributed by atoms with Crippen molar-refractivity contribution in [2.24, 2.45) is 0 Å². The van der Waals surface area contributed by atoms with Gasteiger partial charge in [0.05, 0.1) is 28.7 Å². The van der Waals surface area contributed by atoms with E-state index in [0.717, 1.165) is 47.2 Å². The molecule has 192 valence electrons. The number of rotatable bonds is 10. The molecule has 1 amide bonds. The van der Waals surface area contributed by atoms with Crippen molar-refractivity contribution in [1.82, 2.24) is 14.9 Å². The Kier molecular flexibility index (Phi) is 7.74. The number of carboxylic acids is 1. The molecule has 37 heavy (non-hydrogen) atoms. The number of aliphatic hydroxyl groups excluding tert-OH is 1. The van der Waals surface area contributed by atoms with E-state index in [1.165, 1.54) is 0 Å². The summed E-state index contributed by atoms with van der Waals surface area (Å²) in [6.07, 6.45) is 2.88. The van der Waals surface area contributed by atoms with E-state index in [2.05, 4.69) is 16.8 Å². The van der Waals surface area contributed by atoms with Gasteiger partial charge in [0, 0.05) is 18.5 Å². The van der Waals surface area contributed by atoms with E-state index in [9.17, 15) is 19.8 Å². The number of nitrogens with one attached hydrogen (secondary N) is 1. The molecule has 3 N–H and O–H groups in total. The highest BCUT2D eigenvalue weighted by Gasteiger charge is 2.21. The molecule has 0 fully saturated rings. The van der Waals surface area contributed by atoms with E-state index < -0.39 is 11.5 Å². The summed E-state index contributed by atoms with van der Waals surface area (Å²) in [4.78, 5) is 29.4. The predicted octanol–water partition coefficient (Wildman–Crippen LogP) is 5.29. The van der Waals surface area contributed by atoms with Crippen molar-refractivity contribution in [2.45, 2.75) is 52.1 Å². The van der Waals surface area contributed by atoms with Crippen molar-refractivity contribution >= 4 is 22.9 Å². The average Bonchev–Trinajstić information content (AvgIpc) is 3.23. The molecule has 0 aliphatic heterocycles. The first kappa shape index (κ1) is 26.1. The van der Waals surface area contributed by atoms with Crippen molar-refractivity contribution < 1.29 is 19.8 Å². The van der Waals surface area contributed by atoms with Gasteiger partial charge in [0.1, 0.15) is 5.82 Å². The molecule has 0 atom stereocenters. The molecular weight excluding hydrogens is 466 g/mol. The van der Waals surface area contributed by atoms with Gasteiger partial charge in [-0.05, 0) is 61.2 Å². The third-order valence-corrected chi connectivity index (χ3v) is 6.45. The van der Waals surface area contributed by atoms with Gasteiger partial charge in [-0.25, -0.2) is 9.78 Å². The van der Waals surface area contributed by atoms with Crippen LogP contribution in [0.25, 0.3) is 22.2 Å². The zero-order chi connectivity index (χ0) is 26.6. The molecule has 0 spiro atoms. The second-order valence-electron chi connectivity index (χ2n) is 9.97. The van der Waals surface area contributed by atoms with Crippen LogP contribution in [0.15, 0.2) is 66.7 Å². The third kappa shape index (κ3) is 5.89. The van der Waals surface area contributed by atoms with Gasteiger partial charge < -0.3 is 20.1 Å². The van der Waals surface area contributed by atoms with Gasteiger partial charge in [0.15, 0.2) is 0 Å². The Balaban J connectivity index is 1.68. The molecule has 7 nitrogen and oxygen atoms in total. The smallest absolute Gasteiger partial charge is 0.336 e. The van der Waals surface area contributed by atoms with Crippen molar-refractivity contribution in [3.63, 3.8) is 0 Å². The number of hydrogen-bond donors (Lipinski definition) is 3. The maximum Gasteiger partial charge on any atom is 0.336 e. The summed E-state index contributed by atoms with van der Waals surface area (Å²) < 4.78 is 2.15. The molecule has 0 unspecified atom stereocenters. The van der Waals surface area contributed by atoms with Crippen LogP contribution in [0.5, 0.6) is 0 Å². The Hall–Kier alpha value is -3.97. The zero-order valence-electron chi connectivity index (χ0n) is 21.5. The Morgan fingerprint density at radius 1 is 1.03 bits per heavy atom. The van der Waals surface area contributed by atoms with Crippen LogP contribution in [0.1, 0.15) is 65.7 Å². The fourth-order valence-corrected chi connectivity index (χ4v) is 4.33. The number of aromatic nitrogens is 2. The Labute approximate surface area is 216 Å². The largest absolute Gasteiger partial charge is 0.478 e. The lowest BCUT2D eigenvalue weighted by molar-refractivity contribution is 0.0697. The predicted molar refractivity (Wildman–Crippen MR) is 145 cm³/mol. The van der Waals surface area contributed by atoms with Gasteiger partial charge in [0.25, 0.3) is 5.91 Å². The Bertz CT molecular complexity index is 1420. The van der Waals surface area contributed by atoms with Crippen molar-refractivity contribution in [3.8, 4) is 11.1 Å². The molecule has 1 aromatic heterocycles. The van der Waals surface area contributed by atoms with Gasteiger partial charge in [-0.2, -0.15) is 0 Å². The fourth-order valence-electron chi connectivity index (χ4n) is 4.33. The summed E-state index contributed by atoms with van der Waals surface area (Å²) in [5, 5.41) is 21.9. The number of aryl methyl sites for hydroxylation is 1. The second kappa shape index (κ2) is 11.0. The maximum absolute atomic E-state index is 12.9. The molecule has 0 aliphatic carbocycles. The number of unbranched alkanes of at least 4 members (excludes halogenated alkanes) is 1. The number of hydrogen-bond acceptors (Lipinski definition) is 4. The number of aliphatic hydroxyl groups is 1. The highest BCUT2D eigenvalue weighted by Crippen LogP contribution is 2.26. The lowest BCUT2D eigenvalue weighted by atomic mass is 9.98. The molecular formula is C30H33N3O4. The number of aromatic carboxylic acids is 1. The molecule has 3 aromatic carbocycles. The molecule has 7 heteroatoms. The van der Waals surface area contributed by atoms with Gasteiger partial charge >= 0.3 is 5.97 Å². The van der Waals surface area contributed by atoms with Crippen LogP contribution in [0.4, 0.5) is 0 Å². The summed E-state index contributed by atoms with van der Waals surface area (Å²) in [7, 11) is 0. The van der Waals surface area contributed by atoms with E-state index in [0.29, 0.717) is 17.7 Å². The number of carboxylic acid groups (broad SMARTS) is 1.